The van der Waals surface area contributed by atoms with E-state index in [4.69, 9.17) is 10.7 Å². The largest absolute Gasteiger partial charge is 0.397 e. The first-order chi connectivity index (χ1) is 11.3. The van der Waals surface area contributed by atoms with Gasteiger partial charge in [0.2, 0.25) is 5.78 Å². The molecule has 0 spiro atoms. The molecule has 0 bridgehead atoms. The van der Waals surface area contributed by atoms with E-state index in [0.717, 1.165) is 28.0 Å². The van der Waals surface area contributed by atoms with Gasteiger partial charge in [0, 0.05) is 10.8 Å². The molecular weight excluding hydrogens is 284 g/mol. The zero-order valence-corrected chi connectivity index (χ0v) is 12.2. The van der Waals surface area contributed by atoms with Gasteiger partial charge in [0.05, 0.1) is 33.3 Å². The van der Waals surface area contributed by atoms with Crippen LogP contribution in [0.15, 0.2) is 60.7 Å². The molecule has 6 aromatic rings. The molecule has 0 amide bonds. The van der Waals surface area contributed by atoms with Gasteiger partial charge >= 0.3 is 0 Å². The van der Waals surface area contributed by atoms with Gasteiger partial charge in [0.15, 0.2) is 0 Å². The maximum atomic E-state index is 6.31. The molecule has 108 valence electrons. The van der Waals surface area contributed by atoms with Crippen LogP contribution in [0.1, 0.15) is 0 Å². The summed E-state index contributed by atoms with van der Waals surface area (Å²) in [7, 11) is 0. The summed E-state index contributed by atoms with van der Waals surface area (Å²) in [6, 6.07) is 20.8. The molecule has 0 unspecified atom stereocenters. The third-order valence-corrected chi connectivity index (χ3v) is 4.80. The Hall–Kier alpha value is -3.27. The number of hydrogen-bond acceptors (Lipinski definition) is 2. The van der Waals surface area contributed by atoms with Gasteiger partial charge in [-0.3, -0.25) is 8.80 Å². The first kappa shape index (κ1) is 11.3. The van der Waals surface area contributed by atoms with E-state index in [0.29, 0.717) is 0 Å². The average Bonchev–Trinajstić information content (AvgIpc) is 3.20. The zero-order valence-electron chi connectivity index (χ0n) is 12.2. The van der Waals surface area contributed by atoms with Crippen LogP contribution in [0.25, 0.3) is 44.1 Å². The number of benzene rings is 3. The summed E-state index contributed by atoms with van der Waals surface area (Å²) in [5.41, 5.74) is 12.6. The molecule has 0 saturated heterocycles. The van der Waals surface area contributed by atoms with Crippen molar-refractivity contribution in [1.29, 1.82) is 0 Å². The molecule has 6 rings (SSSR count). The molecule has 3 aromatic heterocycles. The highest BCUT2D eigenvalue weighted by Crippen LogP contribution is 2.38. The van der Waals surface area contributed by atoms with Crippen molar-refractivity contribution < 1.29 is 0 Å². The molecule has 0 aliphatic carbocycles. The number of hydrogen-bond donors (Lipinski definition) is 1. The van der Waals surface area contributed by atoms with E-state index in [2.05, 4.69) is 51.3 Å². The van der Waals surface area contributed by atoms with Crippen molar-refractivity contribution in [2.24, 2.45) is 0 Å². The molecular formula is C19H12N4. The summed E-state index contributed by atoms with van der Waals surface area (Å²) in [6.45, 7) is 0. The van der Waals surface area contributed by atoms with Gasteiger partial charge in [0.1, 0.15) is 0 Å². The van der Waals surface area contributed by atoms with Gasteiger partial charge in [-0.15, -0.1) is 0 Å². The molecule has 4 heteroatoms. The Labute approximate surface area is 130 Å². The molecule has 3 aromatic carbocycles. The third-order valence-electron chi connectivity index (χ3n) is 4.80. The minimum atomic E-state index is 0.783. The number of rotatable bonds is 0. The fourth-order valence-electron chi connectivity index (χ4n) is 3.90. The molecule has 23 heavy (non-hydrogen) atoms. The van der Waals surface area contributed by atoms with Crippen LogP contribution >= 0.6 is 0 Å². The number of nitrogens with zero attached hydrogens (tertiary/aromatic N) is 3. The van der Waals surface area contributed by atoms with Crippen LogP contribution in [-0.2, 0) is 0 Å². The fourth-order valence-corrected chi connectivity index (χ4v) is 3.90. The predicted molar refractivity (Wildman–Crippen MR) is 94.3 cm³/mol. The van der Waals surface area contributed by atoms with E-state index < -0.39 is 0 Å². The summed E-state index contributed by atoms with van der Waals surface area (Å²) in [5.74, 6) is 0.922. The number of fused-ring (bicyclic) bond motifs is 8. The molecule has 0 aliphatic rings. The summed E-state index contributed by atoms with van der Waals surface area (Å²) < 4.78 is 4.43. The van der Waals surface area contributed by atoms with Crippen LogP contribution in [-0.4, -0.2) is 13.8 Å². The van der Waals surface area contributed by atoms with Gasteiger partial charge in [-0.1, -0.05) is 36.4 Å². The van der Waals surface area contributed by atoms with Crippen LogP contribution < -0.4 is 5.73 Å². The Balaban J connectivity index is 2.10. The number of nitrogen functional groups attached to an aromatic ring is 1. The maximum absolute atomic E-state index is 6.31. The Bertz CT molecular complexity index is 1370. The van der Waals surface area contributed by atoms with Crippen molar-refractivity contribution in [1.82, 2.24) is 13.8 Å². The van der Waals surface area contributed by atoms with E-state index in [9.17, 15) is 0 Å². The van der Waals surface area contributed by atoms with Crippen molar-refractivity contribution in [2.45, 2.75) is 0 Å². The van der Waals surface area contributed by atoms with Gasteiger partial charge in [0.25, 0.3) is 0 Å². The van der Waals surface area contributed by atoms with Crippen LogP contribution in [0, 0.1) is 0 Å². The van der Waals surface area contributed by atoms with Crippen LogP contribution in [0.4, 0.5) is 5.69 Å². The second-order valence-electron chi connectivity index (χ2n) is 5.99. The third kappa shape index (κ3) is 1.14. The molecule has 0 aliphatic heterocycles. The number of para-hydroxylation sites is 4. The smallest absolute Gasteiger partial charge is 0.220 e. The van der Waals surface area contributed by atoms with E-state index in [1.807, 2.05) is 18.2 Å². The minimum Gasteiger partial charge on any atom is -0.397 e. The lowest BCUT2D eigenvalue weighted by Crippen LogP contribution is -1.90. The summed E-state index contributed by atoms with van der Waals surface area (Å²) in [4.78, 5) is 4.87. The molecule has 4 nitrogen and oxygen atoms in total. The Morgan fingerprint density at radius 2 is 1.43 bits per heavy atom. The van der Waals surface area contributed by atoms with E-state index in [1.54, 1.807) is 0 Å². The Morgan fingerprint density at radius 1 is 0.696 bits per heavy atom. The van der Waals surface area contributed by atoms with Crippen molar-refractivity contribution in [3.63, 3.8) is 0 Å². The molecule has 0 fully saturated rings. The van der Waals surface area contributed by atoms with Gasteiger partial charge in [-0.05, 0) is 24.3 Å². The van der Waals surface area contributed by atoms with Crippen LogP contribution in [0.5, 0.6) is 0 Å². The van der Waals surface area contributed by atoms with Crippen LogP contribution in [0.2, 0.25) is 0 Å². The van der Waals surface area contributed by atoms with Crippen molar-refractivity contribution in [3.05, 3.63) is 60.7 Å². The molecule has 0 radical (unpaired) electrons. The highest BCUT2D eigenvalue weighted by molar-refractivity contribution is 6.18. The second kappa shape index (κ2) is 3.55. The first-order valence-corrected chi connectivity index (χ1v) is 7.64. The summed E-state index contributed by atoms with van der Waals surface area (Å²) in [6.07, 6.45) is 0. The highest BCUT2D eigenvalue weighted by Gasteiger charge is 2.20. The van der Waals surface area contributed by atoms with Crippen molar-refractivity contribution in [3.8, 4) is 0 Å². The first-order valence-electron chi connectivity index (χ1n) is 7.64. The molecule has 0 saturated carbocycles. The van der Waals surface area contributed by atoms with Crippen molar-refractivity contribution in [2.75, 3.05) is 5.73 Å². The predicted octanol–water partition coefficient (Wildman–Crippen LogP) is 4.07. The lowest BCUT2D eigenvalue weighted by atomic mass is 10.1. The van der Waals surface area contributed by atoms with E-state index >= 15 is 0 Å². The molecule has 0 atom stereocenters. The normalized spacial score (nSPS) is 12.5. The lowest BCUT2D eigenvalue weighted by Gasteiger charge is -1.98. The number of anilines is 1. The monoisotopic (exact) mass is 296 g/mol. The van der Waals surface area contributed by atoms with Crippen molar-refractivity contribution >= 4 is 49.8 Å². The standard InChI is InChI=1S/C19H12N4/c20-13-7-3-5-11-12-6-4-10-16-18(12)23(17(11)13)19-21-14-8-1-2-9-15(14)22(16)19/h1-10H,20H2. The molecule has 2 N–H and O–H groups in total. The number of aromatic nitrogens is 3. The maximum Gasteiger partial charge on any atom is 0.220 e. The fraction of sp³-hybridized carbons (Fsp3) is 0. The topological polar surface area (TPSA) is 47.7 Å². The Morgan fingerprint density at radius 3 is 2.35 bits per heavy atom. The zero-order chi connectivity index (χ0) is 15.1. The van der Waals surface area contributed by atoms with Gasteiger partial charge < -0.3 is 5.73 Å². The summed E-state index contributed by atoms with van der Waals surface area (Å²) >= 11 is 0. The van der Waals surface area contributed by atoms with Gasteiger partial charge in [-0.2, -0.15) is 0 Å². The van der Waals surface area contributed by atoms with E-state index in [-0.39, 0.29) is 0 Å². The van der Waals surface area contributed by atoms with E-state index in [1.165, 1.54) is 21.8 Å². The minimum absolute atomic E-state index is 0.783. The lowest BCUT2D eigenvalue weighted by molar-refractivity contribution is 1.22. The van der Waals surface area contributed by atoms with Gasteiger partial charge in [-0.25, -0.2) is 4.98 Å². The second-order valence-corrected chi connectivity index (χ2v) is 5.99. The number of imidazole rings is 2. The highest BCUT2D eigenvalue weighted by atomic mass is 15.2. The number of nitrogens with two attached hydrogens (primary N) is 1. The average molecular weight is 296 g/mol. The molecule has 3 heterocycles. The SMILES string of the molecule is Nc1cccc2c3cccc4c3n(c12)c1nc2ccccc2n41. The Kier molecular flexibility index (Phi) is 1.75. The van der Waals surface area contributed by atoms with Crippen LogP contribution in [0.3, 0.4) is 0 Å². The quantitative estimate of drug-likeness (QED) is 0.430. The summed E-state index contributed by atoms with van der Waals surface area (Å²) in [5, 5.41) is 2.40.